The summed E-state index contributed by atoms with van der Waals surface area (Å²) in [5.74, 6) is 1.35. The zero-order valence-electron chi connectivity index (χ0n) is 14.5. The summed E-state index contributed by atoms with van der Waals surface area (Å²) in [5.41, 5.74) is 3.32. The van der Waals surface area contributed by atoms with Crippen molar-refractivity contribution in [1.29, 1.82) is 0 Å². The van der Waals surface area contributed by atoms with Crippen molar-refractivity contribution in [2.75, 3.05) is 0 Å². The van der Waals surface area contributed by atoms with E-state index in [-0.39, 0.29) is 11.5 Å². The van der Waals surface area contributed by atoms with Gasteiger partial charge in [0.25, 0.3) is 0 Å². The van der Waals surface area contributed by atoms with Gasteiger partial charge in [-0.05, 0) is 60.2 Å². The van der Waals surface area contributed by atoms with Gasteiger partial charge in [-0.2, -0.15) is 0 Å². The van der Waals surface area contributed by atoms with Crippen LogP contribution in [0.5, 0.6) is 0 Å². The third kappa shape index (κ3) is 1.71. The van der Waals surface area contributed by atoms with Crippen molar-refractivity contribution in [3.63, 3.8) is 0 Å². The molecule has 1 N–H and O–H groups in total. The van der Waals surface area contributed by atoms with Gasteiger partial charge in [0.15, 0.2) is 0 Å². The molecule has 0 radical (unpaired) electrons. The first-order chi connectivity index (χ1) is 10.3. The minimum absolute atomic E-state index is 0.181. The lowest BCUT2D eigenvalue weighted by Crippen LogP contribution is -2.57. The Kier molecular flexibility index (Phi) is 2.97. The van der Waals surface area contributed by atoms with E-state index in [2.05, 4.69) is 27.7 Å². The van der Waals surface area contributed by atoms with Crippen LogP contribution in [0.2, 0.25) is 0 Å². The van der Waals surface area contributed by atoms with Crippen LogP contribution in [0.1, 0.15) is 83.5 Å². The van der Waals surface area contributed by atoms with Crippen LogP contribution in [0, 0.1) is 22.7 Å². The number of aliphatic hydroxyl groups is 1. The third-order valence-corrected chi connectivity index (χ3v) is 7.92. The molecule has 122 valence electrons. The van der Waals surface area contributed by atoms with Gasteiger partial charge in [-0.1, -0.05) is 34.1 Å². The van der Waals surface area contributed by atoms with E-state index in [0.29, 0.717) is 16.7 Å². The number of rotatable bonds is 0. The van der Waals surface area contributed by atoms with Gasteiger partial charge in [-0.25, -0.2) is 0 Å². The van der Waals surface area contributed by atoms with Crippen molar-refractivity contribution in [3.05, 3.63) is 23.7 Å². The van der Waals surface area contributed by atoms with Gasteiger partial charge >= 0.3 is 0 Å². The zero-order valence-corrected chi connectivity index (χ0v) is 14.5. The normalized spacial score (nSPS) is 46.5. The Balaban J connectivity index is 1.82. The minimum Gasteiger partial charge on any atom is -0.472 e. The molecule has 2 nitrogen and oxygen atoms in total. The molecule has 2 fully saturated rings. The molecular formula is C20H30O2. The van der Waals surface area contributed by atoms with E-state index in [1.807, 2.05) is 6.26 Å². The van der Waals surface area contributed by atoms with Crippen molar-refractivity contribution in [1.82, 2.24) is 0 Å². The van der Waals surface area contributed by atoms with Crippen LogP contribution in [0.4, 0.5) is 0 Å². The van der Waals surface area contributed by atoms with Gasteiger partial charge in [0.2, 0.25) is 0 Å². The second kappa shape index (κ2) is 4.41. The zero-order chi connectivity index (χ0) is 15.8. The number of furan rings is 1. The maximum atomic E-state index is 10.7. The predicted octanol–water partition coefficient (Wildman–Crippen LogP) is 5.22. The lowest BCUT2D eigenvalue weighted by Gasteiger charge is -2.64. The highest BCUT2D eigenvalue weighted by molar-refractivity contribution is 5.37. The predicted molar refractivity (Wildman–Crippen MR) is 87.6 cm³/mol. The molecule has 0 aromatic carbocycles. The van der Waals surface area contributed by atoms with E-state index in [1.165, 1.54) is 37.7 Å². The first-order valence-corrected chi connectivity index (χ1v) is 9.04. The van der Waals surface area contributed by atoms with Gasteiger partial charge in [-0.15, -0.1) is 0 Å². The van der Waals surface area contributed by atoms with Crippen molar-refractivity contribution >= 4 is 0 Å². The molecule has 3 aliphatic rings. The quantitative estimate of drug-likeness (QED) is 0.713. The Labute approximate surface area is 134 Å². The van der Waals surface area contributed by atoms with Crippen molar-refractivity contribution < 1.29 is 9.52 Å². The molecule has 0 aliphatic heterocycles. The summed E-state index contributed by atoms with van der Waals surface area (Å²) in [7, 11) is 0. The van der Waals surface area contributed by atoms with Crippen LogP contribution < -0.4 is 0 Å². The molecule has 2 heteroatoms. The SMILES string of the molecule is CC1(C)CCC[C@]2(C)[C@@H]1CC[C@]1(C)c3cocc3[C@H](O)C[C@@H]21. The average Bonchev–Trinajstić information content (AvgIpc) is 2.91. The van der Waals surface area contributed by atoms with E-state index >= 15 is 0 Å². The molecule has 0 spiro atoms. The number of hydrogen-bond donors (Lipinski definition) is 1. The van der Waals surface area contributed by atoms with E-state index < -0.39 is 0 Å². The molecular weight excluding hydrogens is 272 g/mol. The summed E-state index contributed by atoms with van der Waals surface area (Å²) in [5, 5.41) is 10.7. The average molecular weight is 302 g/mol. The number of fused-ring (bicyclic) bond motifs is 5. The molecule has 1 aromatic rings. The van der Waals surface area contributed by atoms with Crippen molar-refractivity contribution in [3.8, 4) is 0 Å². The third-order valence-electron chi connectivity index (χ3n) is 7.92. The minimum atomic E-state index is -0.340. The maximum Gasteiger partial charge on any atom is 0.0963 e. The fourth-order valence-corrected chi connectivity index (χ4v) is 6.88. The Hall–Kier alpha value is -0.760. The Bertz CT molecular complexity index is 586. The Morgan fingerprint density at radius 3 is 2.59 bits per heavy atom. The molecule has 4 rings (SSSR count). The summed E-state index contributed by atoms with van der Waals surface area (Å²) in [6, 6.07) is 0. The molecule has 22 heavy (non-hydrogen) atoms. The standard InChI is InChI=1S/C20H30O2/c1-18(2)7-5-8-20(4)16(18)6-9-19(3)14-12-22-11-13(14)15(21)10-17(19)20/h11-12,15-17,21H,5-10H2,1-4H3/t15-,16-,17-,19-,20-/m1/s1. The van der Waals surface area contributed by atoms with Crippen LogP contribution in [-0.2, 0) is 5.41 Å². The highest BCUT2D eigenvalue weighted by Crippen LogP contribution is 2.67. The Morgan fingerprint density at radius 2 is 1.82 bits per heavy atom. The van der Waals surface area contributed by atoms with Crippen molar-refractivity contribution in [2.45, 2.75) is 77.7 Å². The first-order valence-electron chi connectivity index (χ1n) is 9.04. The molecule has 3 aliphatic carbocycles. The van der Waals surface area contributed by atoms with Gasteiger partial charge in [0.05, 0.1) is 18.6 Å². The molecule has 0 bridgehead atoms. The van der Waals surface area contributed by atoms with Gasteiger partial charge < -0.3 is 9.52 Å². The molecule has 0 amide bonds. The van der Waals surface area contributed by atoms with Crippen LogP contribution in [0.25, 0.3) is 0 Å². The molecule has 1 heterocycles. The van der Waals surface area contributed by atoms with Crippen LogP contribution >= 0.6 is 0 Å². The summed E-state index contributed by atoms with van der Waals surface area (Å²) in [6.45, 7) is 9.90. The van der Waals surface area contributed by atoms with Gasteiger partial charge in [0, 0.05) is 11.1 Å². The van der Waals surface area contributed by atoms with Crippen molar-refractivity contribution in [2.24, 2.45) is 22.7 Å². The van der Waals surface area contributed by atoms with Crippen LogP contribution in [-0.4, -0.2) is 5.11 Å². The van der Waals surface area contributed by atoms with E-state index in [1.54, 1.807) is 6.26 Å². The van der Waals surface area contributed by atoms with E-state index in [4.69, 9.17) is 4.42 Å². The van der Waals surface area contributed by atoms with Crippen LogP contribution in [0.3, 0.4) is 0 Å². The fraction of sp³-hybridized carbons (Fsp3) is 0.800. The second-order valence-electron chi connectivity index (χ2n) is 9.40. The number of hydrogen-bond acceptors (Lipinski definition) is 2. The monoisotopic (exact) mass is 302 g/mol. The second-order valence-corrected chi connectivity index (χ2v) is 9.40. The largest absolute Gasteiger partial charge is 0.472 e. The molecule has 0 saturated heterocycles. The van der Waals surface area contributed by atoms with E-state index in [0.717, 1.165) is 17.9 Å². The highest BCUT2D eigenvalue weighted by atomic mass is 16.3. The van der Waals surface area contributed by atoms with E-state index in [9.17, 15) is 5.11 Å². The van der Waals surface area contributed by atoms with Gasteiger partial charge in [0.1, 0.15) is 0 Å². The van der Waals surface area contributed by atoms with Crippen LogP contribution in [0.15, 0.2) is 16.9 Å². The molecule has 2 saturated carbocycles. The summed E-state index contributed by atoms with van der Waals surface area (Å²) < 4.78 is 5.50. The number of aliphatic hydroxyl groups excluding tert-OH is 1. The summed E-state index contributed by atoms with van der Waals surface area (Å²) in [4.78, 5) is 0. The van der Waals surface area contributed by atoms with Gasteiger partial charge in [-0.3, -0.25) is 0 Å². The molecule has 5 atom stereocenters. The first kappa shape index (κ1) is 14.8. The highest BCUT2D eigenvalue weighted by Gasteiger charge is 2.60. The molecule has 0 unspecified atom stereocenters. The molecule has 1 aromatic heterocycles. The Morgan fingerprint density at radius 1 is 1.05 bits per heavy atom. The smallest absolute Gasteiger partial charge is 0.0963 e. The maximum absolute atomic E-state index is 10.7. The lowest BCUT2D eigenvalue weighted by molar-refractivity contribution is -0.123. The lowest BCUT2D eigenvalue weighted by atomic mass is 9.40. The summed E-state index contributed by atoms with van der Waals surface area (Å²) in [6.07, 6.45) is 10.8. The fourth-order valence-electron chi connectivity index (χ4n) is 6.88. The summed E-state index contributed by atoms with van der Waals surface area (Å²) >= 11 is 0. The topological polar surface area (TPSA) is 33.4 Å².